The second kappa shape index (κ2) is 7.30. The molecule has 5 nitrogen and oxygen atoms in total. The number of carbonyl (C=O) groups is 1. The fraction of sp³-hybridized carbons (Fsp3) is 0.706. The first-order valence-electron chi connectivity index (χ1n) is 8.50. The minimum Gasteiger partial charge on any atom is -0.392 e. The molecule has 23 heavy (non-hydrogen) atoms. The molecule has 3 rings (SSSR count). The number of rotatable bonds is 4. The molecule has 0 bridgehead atoms. The Labute approximate surface area is 142 Å². The van der Waals surface area contributed by atoms with Crippen LogP contribution >= 0.6 is 11.3 Å². The molecule has 3 heterocycles. The lowest BCUT2D eigenvalue weighted by atomic mass is 10.1. The summed E-state index contributed by atoms with van der Waals surface area (Å²) in [6.07, 6.45) is 0.705. The molecule has 128 valence electrons. The smallest absolute Gasteiger partial charge is 0.237 e. The van der Waals surface area contributed by atoms with Crippen LogP contribution < -0.4 is 0 Å². The summed E-state index contributed by atoms with van der Waals surface area (Å²) in [7, 11) is 0. The fourth-order valence-electron chi connectivity index (χ4n) is 3.58. The van der Waals surface area contributed by atoms with Gasteiger partial charge >= 0.3 is 0 Å². The zero-order valence-corrected chi connectivity index (χ0v) is 14.9. The molecule has 0 radical (unpaired) electrons. The number of carbonyl (C=O) groups excluding carboxylic acids is 1. The highest BCUT2D eigenvalue weighted by Gasteiger charge is 2.28. The Hall–Kier alpha value is -0.950. The van der Waals surface area contributed by atoms with E-state index in [1.807, 2.05) is 11.8 Å². The van der Waals surface area contributed by atoms with Gasteiger partial charge in [0, 0.05) is 50.2 Å². The Kier molecular flexibility index (Phi) is 5.36. The van der Waals surface area contributed by atoms with Crippen molar-refractivity contribution in [3.05, 3.63) is 21.9 Å². The average Bonchev–Trinajstić information content (AvgIpc) is 2.97. The van der Waals surface area contributed by atoms with E-state index in [1.165, 1.54) is 10.4 Å². The van der Waals surface area contributed by atoms with Crippen LogP contribution in [-0.2, 0) is 17.8 Å². The van der Waals surface area contributed by atoms with E-state index in [1.54, 1.807) is 11.3 Å². The quantitative estimate of drug-likeness (QED) is 0.891. The lowest BCUT2D eigenvalue weighted by Crippen LogP contribution is -2.55. The largest absolute Gasteiger partial charge is 0.392 e. The van der Waals surface area contributed by atoms with Crippen molar-refractivity contribution < 1.29 is 9.90 Å². The molecule has 1 saturated heterocycles. The Morgan fingerprint density at radius 2 is 2.26 bits per heavy atom. The third kappa shape index (κ3) is 4.12. The molecule has 2 atom stereocenters. The minimum atomic E-state index is -0.293. The molecule has 1 aromatic heterocycles. The van der Waals surface area contributed by atoms with Gasteiger partial charge < -0.3 is 10.0 Å². The van der Waals surface area contributed by atoms with Gasteiger partial charge in [0.2, 0.25) is 5.91 Å². The molecule has 0 saturated carbocycles. The van der Waals surface area contributed by atoms with E-state index in [-0.39, 0.29) is 12.0 Å². The Morgan fingerprint density at radius 3 is 3.00 bits per heavy atom. The first-order chi connectivity index (χ1) is 11.0. The van der Waals surface area contributed by atoms with Crippen molar-refractivity contribution in [2.24, 2.45) is 0 Å². The van der Waals surface area contributed by atoms with Gasteiger partial charge in [0.15, 0.2) is 0 Å². The topological polar surface area (TPSA) is 47.0 Å². The van der Waals surface area contributed by atoms with Crippen LogP contribution in [0.15, 0.2) is 11.4 Å². The van der Waals surface area contributed by atoms with E-state index in [0.29, 0.717) is 12.6 Å². The Balaban J connectivity index is 1.50. The number of amides is 1. The van der Waals surface area contributed by atoms with Crippen molar-refractivity contribution >= 4 is 17.2 Å². The van der Waals surface area contributed by atoms with Gasteiger partial charge in [-0.2, -0.15) is 0 Å². The van der Waals surface area contributed by atoms with E-state index in [4.69, 9.17) is 0 Å². The lowest BCUT2D eigenvalue weighted by molar-refractivity contribution is -0.134. The summed E-state index contributed by atoms with van der Waals surface area (Å²) in [5.41, 5.74) is 1.32. The molecule has 2 aliphatic rings. The van der Waals surface area contributed by atoms with E-state index in [2.05, 4.69) is 28.2 Å². The van der Waals surface area contributed by atoms with Gasteiger partial charge in [-0.1, -0.05) is 0 Å². The highest BCUT2D eigenvalue weighted by Crippen LogP contribution is 2.24. The zero-order valence-electron chi connectivity index (χ0n) is 14.1. The molecule has 1 N–H and O–H groups in total. The molecule has 0 aliphatic carbocycles. The van der Waals surface area contributed by atoms with Crippen LogP contribution in [0.5, 0.6) is 0 Å². The minimum absolute atomic E-state index is 0.248. The van der Waals surface area contributed by atoms with Crippen LogP contribution in [0.2, 0.25) is 0 Å². The van der Waals surface area contributed by atoms with E-state index < -0.39 is 0 Å². The lowest BCUT2D eigenvalue weighted by Gasteiger charge is -2.40. The third-order valence-corrected chi connectivity index (χ3v) is 5.89. The Bertz CT molecular complexity index is 546. The number of aliphatic hydroxyl groups excluding tert-OH is 1. The maximum absolute atomic E-state index is 12.6. The maximum atomic E-state index is 12.6. The first-order valence-corrected chi connectivity index (χ1v) is 9.38. The van der Waals surface area contributed by atoms with E-state index >= 15 is 0 Å². The van der Waals surface area contributed by atoms with Gasteiger partial charge in [-0.15, -0.1) is 11.3 Å². The summed E-state index contributed by atoms with van der Waals surface area (Å²) < 4.78 is 0. The van der Waals surface area contributed by atoms with Gasteiger partial charge in [0.05, 0.1) is 12.6 Å². The molecule has 1 aromatic rings. The highest BCUT2D eigenvalue weighted by molar-refractivity contribution is 7.10. The van der Waals surface area contributed by atoms with Gasteiger partial charge in [0.1, 0.15) is 0 Å². The first kappa shape index (κ1) is 16.9. The van der Waals surface area contributed by atoms with E-state index in [9.17, 15) is 9.90 Å². The molecule has 2 unspecified atom stereocenters. The number of hydrogen-bond acceptors (Lipinski definition) is 5. The zero-order chi connectivity index (χ0) is 16.4. The molecule has 6 heteroatoms. The van der Waals surface area contributed by atoms with E-state index in [0.717, 1.165) is 45.7 Å². The number of nitrogens with zero attached hydrogens (tertiary/aromatic N) is 3. The molecular weight excluding hydrogens is 310 g/mol. The van der Waals surface area contributed by atoms with Crippen molar-refractivity contribution in [2.75, 3.05) is 39.3 Å². The molecule has 1 fully saturated rings. The predicted octanol–water partition coefficient (Wildman–Crippen LogP) is 1.02. The Morgan fingerprint density at radius 1 is 1.43 bits per heavy atom. The number of aliphatic hydroxyl groups is 1. The second-order valence-corrected chi connectivity index (χ2v) is 7.86. The van der Waals surface area contributed by atoms with Crippen molar-refractivity contribution in [2.45, 2.75) is 39.0 Å². The van der Waals surface area contributed by atoms with Crippen molar-refractivity contribution in [1.82, 2.24) is 14.7 Å². The number of thiophene rings is 1. The summed E-state index contributed by atoms with van der Waals surface area (Å²) in [5, 5.41) is 11.7. The predicted molar refractivity (Wildman–Crippen MR) is 92.6 cm³/mol. The molecule has 1 amide bonds. The number of β-amino-alcohol motifs (C(OH)–C–C–N with tert-alkyl or cyclic N) is 1. The van der Waals surface area contributed by atoms with Crippen molar-refractivity contribution in [1.29, 1.82) is 0 Å². The summed E-state index contributed by atoms with van der Waals surface area (Å²) >= 11 is 1.81. The van der Waals surface area contributed by atoms with Crippen LogP contribution in [0, 0.1) is 0 Å². The normalized spacial score (nSPS) is 24.5. The number of fused-ring (bicyclic) bond motifs is 1. The fourth-order valence-corrected chi connectivity index (χ4v) is 4.47. The maximum Gasteiger partial charge on any atom is 0.237 e. The van der Waals surface area contributed by atoms with Crippen molar-refractivity contribution in [3.63, 3.8) is 0 Å². The average molecular weight is 337 g/mol. The molecular formula is C17H27N3O2S. The summed E-state index contributed by atoms with van der Waals surface area (Å²) in [5.74, 6) is 0.248. The molecule has 0 aromatic carbocycles. The summed E-state index contributed by atoms with van der Waals surface area (Å²) in [6.45, 7) is 9.60. The second-order valence-electron chi connectivity index (χ2n) is 6.86. The van der Waals surface area contributed by atoms with Crippen LogP contribution in [0.1, 0.15) is 24.3 Å². The van der Waals surface area contributed by atoms with Crippen LogP contribution in [-0.4, -0.2) is 77.1 Å². The monoisotopic (exact) mass is 337 g/mol. The van der Waals surface area contributed by atoms with Gasteiger partial charge in [0.25, 0.3) is 0 Å². The van der Waals surface area contributed by atoms with Crippen molar-refractivity contribution in [3.8, 4) is 0 Å². The van der Waals surface area contributed by atoms with Gasteiger partial charge in [-0.25, -0.2) is 0 Å². The summed E-state index contributed by atoms with van der Waals surface area (Å²) in [4.78, 5) is 20.6. The van der Waals surface area contributed by atoms with Gasteiger partial charge in [-0.3, -0.25) is 14.6 Å². The van der Waals surface area contributed by atoms with Crippen LogP contribution in [0.4, 0.5) is 0 Å². The summed E-state index contributed by atoms with van der Waals surface area (Å²) in [6, 6.07) is 2.53. The van der Waals surface area contributed by atoms with Gasteiger partial charge in [-0.05, 0) is 37.3 Å². The molecule has 2 aliphatic heterocycles. The van der Waals surface area contributed by atoms with Crippen LogP contribution in [0.3, 0.4) is 0 Å². The highest BCUT2D eigenvalue weighted by atomic mass is 32.1. The standard InChI is InChI=1S/C17H27N3O2S/c1-13-9-18(6-7-19(13)10-14(2)21)12-17(22)20-5-3-16-15(11-20)4-8-23-16/h4,8,13-14,21H,3,5-7,9-12H2,1-2H3. The molecule has 0 spiro atoms. The van der Waals surface area contributed by atoms with Crippen LogP contribution in [0.25, 0.3) is 0 Å². The third-order valence-electron chi connectivity index (χ3n) is 4.87. The number of piperazine rings is 1. The SMILES string of the molecule is CC(O)CN1CCN(CC(=O)N2CCc3sccc3C2)CC1C. The number of hydrogen-bond donors (Lipinski definition) is 1.